The third-order valence-electron chi connectivity index (χ3n) is 0.933. The lowest BCUT2D eigenvalue weighted by Gasteiger charge is -1.88. The molecule has 6 nitrogen and oxygen atoms in total. The van der Waals surface area contributed by atoms with Crippen LogP contribution in [0.1, 0.15) is 5.82 Å². The Morgan fingerprint density at radius 3 is 3.00 bits per heavy atom. The Labute approximate surface area is 72.2 Å². The molecule has 0 aliphatic rings. The molecule has 1 rings (SSSR count). The van der Waals surface area contributed by atoms with E-state index in [4.69, 9.17) is 5.73 Å². The smallest absolute Gasteiger partial charge is 0.261 e. The van der Waals surface area contributed by atoms with Gasteiger partial charge in [-0.25, -0.2) is 0 Å². The largest absolute Gasteiger partial charge is 0.398 e. The Bertz CT molecular complexity index is 308. The number of carbonyl (C=O) groups excluding carboxylic acids is 1. The van der Waals surface area contributed by atoms with Gasteiger partial charge in [-0.2, -0.15) is 9.36 Å². The third-order valence-corrected chi connectivity index (χ3v) is 1.48. The lowest BCUT2D eigenvalue weighted by molar-refractivity contribution is 0.214. The Kier molecular flexibility index (Phi) is 2.70. The lowest BCUT2D eigenvalue weighted by atomic mass is 10.4. The highest BCUT2D eigenvalue weighted by atomic mass is 32.1. The van der Waals surface area contributed by atoms with Gasteiger partial charge in [0, 0.05) is 11.5 Å². The molecular formula is C5H5N4O2S. The number of nitrogens with zero attached hydrogens (tertiary/aromatic N) is 3. The first-order valence-electron chi connectivity index (χ1n) is 2.86. The molecular weight excluding hydrogens is 180 g/mol. The normalized spacial score (nSPS) is 11.2. The average Bonchev–Trinajstić information content (AvgIpc) is 2.47. The second-order valence-electron chi connectivity index (χ2n) is 1.68. The van der Waals surface area contributed by atoms with Gasteiger partial charge < -0.3 is 10.6 Å². The molecule has 0 atom stereocenters. The zero-order chi connectivity index (χ0) is 8.97. The molecule has 0 saturated carbocycles. The Morgan fingerprint density at radius 2 is 2.58 bits per heavy atom. The standard InChI is InChI=1S/C5H5N4O2S/c1-11-8-3(2-10)4-7-5(6)12-9-4/h1H3,(H2,6,7,9). The summed E-state index contributed by atoms with van der Waals surface area (Å²) in [5, 5.41) is 3.61. The average molecular weight is 185 g/mol. The SMILES string of the molecule is CON=C([C]=O)c1nsc(N)n1. The summed E-state index contributed by atoms with van der Waals surface area (Å²) in [5.41, 5.74) is 5.19. The summed E-state index contributed by atoms with van der Waals surface area (Å²) in [6.45, 7) is 0. The zero-order valence-electron chi connectivity index (χ0n) is 6.14. The molecule has 0 saturated heterocycles. The van der Waals surface area contributed by atoms with E-state index in [1.165, 1.54) is 13.4 Å². The molecule has 12 heavy (non-hydrogen) atoms. The molecule has 0 aliphatic heterocycles. The van der Waals surface area contributed by atoms with Crippen LogP contribution in [0.3, 0.4) is 0 Å². The summed E-state index contributed by atoms with van der Waals surface area (Å²) >= 11 is 0.975. The van der Waals surface area contributed by atoms with Crippen LogP contribution in [0.2, 0.25) is 0 Å². The van der Waals surface area contributed by atoms with Crippen LogP contribution in [0.15, 0.2) is 5.16 Å². The van der Waals surface area contributed by atoms with Crippen molar-refractivity contribution in [1.82, 2.24) is 9.36 Å². The first kappa shape index (κ1) is 8.60. The maximum atomic E-state index is 10.3. The molecule has 1 aromatic rings. The van der Waals surface area contributed by atoms with Crippen molar-refractivity contribution in [3.8, 4) is 0 Å². The molecule has 0 unspecified atom stereocenters. The van der Waals surface area contributed by atoms with Crippen molar-refractivity contribution in [3.63, 3.8) is 0 Å². The van der Waals surface area contributed by atoms with E-state index in [-0.39, 0.29) is 16.7 Å². The van der Waals surface area contributed by atoms with Gasteiger partial charge in [0.25, 0.3) is 6.29 Å². The highest BCUT2D eigenvalue weighted by Crippen LogP contribution is 2.05. The monoisotopic (exact) mass is 185 g/mol. The van der Waals surface area contributed by atoms with Crippen LogP contribution in [-0.4, -0.2) is 28.5 Å². The van der Waals surface area contributed by atoms with E-state index in [2.05, 4.69) is 19.4 Å². The van der Waals surface area contributed by atoms with E-state index in [0.29, 0.717) is 0 Å². The number of rotatable bonds is 3. The Balaban J connectivity index is 2.94. The predicted octanol–water partition coefficient (Wildman–Crippen LogP) is -0.419. The van der Waals surface area contributed by atoms with E-state index in [9.17, 15) is 4.79 Å². The van der Waals surface area contributed by atoms with Gasteiger partial charge in [-0.15, -0.1) is 0 Å². The van der Waals surface area contributed by atoms with Crippen molar-refractivity contribution in [3.05, 3.63) is 5.82 Å². The molecule has 0 aliphatic carbocycles. The first-order chi connectivity index (χ1) is 5.77. The van der Waals surface area contributed by atoms with Crippen LogP contribution < -0.4 is 5.73 Å². The van der Waals surface area contributed by atoms with Crippen LogP contribution in [0.5, 0.6) is 0 Å². The van der Waals surface area contributed by atoms with Gasteiger partial charge in [0.1, 0.15) is 7.11 Å². The van der Waals surface area contributed by atoms with E-state index in [1.54, 1.807) is 0 Å². The van der Waals surface area contributed by atoms with Gasteiger partial charge in [-0.05, 0) is 0 Å². The minimum atomic E-state index is -0.0922. The molecule has 0 aromatic carbocycles. The number of hydrogen-bond donors (Lipinski definition) is 1. The third kappa shape index (κ3) is 1.76. The summed E-state index contributed by atoms with van der Waals surface area (Å²) < 4.78 is 3.74. The summed E-state index contributed by atoms with van der Waals surface area (Å²) in [6.07, 6.45) is 1.53. The van der Waals surface area contributed by atoms with Crippen molar-refractivity contribution < 1.29 is 9.63 Å². The number of nitrogen functional groups attached to an aromatic ring is 1. The summed E-state index contributed by atoms with van der Waals surface area (Å²) in [7, 11) is 1.31. The van der Waals surface area contributed by atoms with Gasteiger partial charge in [-0.3, -0.25) is 4.79 Å². The van der Waals surface area contributed by atoms with Crippen molar-refractivity contribution in [1.29, 1.82) is 0 Å². The van der Waals surface area contributed by atoms with E-state index < -0.39 is 0 Å². The molecule has 0 bridgehead atoms. The van der Waals surface area contributed by atoms with Gasteiger partial charge >= 0.3 is 0 Å². The van der Waals surface area contributed by atoms with E-state index in [1.807, 2.05) is 0 Å². The maximum Gasteiger partial charge on any atom is 0.261 e. The highest BCUT2D eigenvalue weighted by Gasteiger charge is 2.09. The van der Waals surface area contributed by atoms with Crippen molar-refractivity contribution >= 4 is 28.7 Å². The molecule has 7 heteroatoms. The van der Waals surface area contributed by atoms with E-state index >= 15 is 0 Å². The summed E-state index contributed by atoms with van der Waals surface area (Å²) in [6, 6.07) is 0. The number of hydrogen-bond acceptors (Lipinski definition) is 7. The summed E-state index contributed by atoms with van der Waals surface area (Å²) in [5.74, 6) is 0.134. The second-order valence-corrected chi connectivity index (χ2v) is 2.46. The molecule has 1 heterocycles. The summed E-state index contributed by atoms with van der Waals surface area (Å²) in [4.78, 5) is 18.3. The van der Waals surface area contributed by atoms with Crippen LogP contribution in [-0.2, 0) is 9.63 Å². The molecule has 2 N–H and O–H groups in total. The number of oxime groups is 1. The maximum absolute atomic E-state index is 10.3. The molecule has 63 valence electrons. The number of anilines is 1. The molecule has 0 amide bonds. The fourth-order valence-electron chi connectivity index (χ4n) is 0.528. The van der Waals surface area contributed by atoms with Gasteiger partial charge in [-0.1, -0.05) is 5.16 Å². The van der Waals surface area contributed by atoms with Gasteiger partial charge in [0.15, 0.2) is 10.8 Å². The quantitative estimate of drug-likeness (QED) is 0.510. The van der Waals surface area contributed by atoms with Crippen LogP contribution in [0.25, 0.3) is 0 Å². The fourth-order valence-corrected chi connectivity index (χ4v) is 0.962. The zero-order valence-corrected chi connectivity index (χ0v) is 6.96. The minimum absolute atomic E-state index is 0.0922. The van der Waals surface area contributed by atoms with Gasteiger partial charge in [0.05, 0.1) is 0 Å². The fraction of sp³-hybridized carbons (Fsp3) is 0.200. The Morgan fingerprint density at radius 1 is 1.83 bits per heavy atom. The van der Waals surface area contributed by atoms with Crippen molar-refractivity contribution in [2.45, 2.75) is 0 Å². The number of aromatic nitrogens is 2. The molecule has 1 radical (unpaired) electrons. The number of nitrogens with two attached hydrogens (primary N) is 1. The van der Waals surface area contributed by atoms with E-state index in [0.717, 1.165) is 11.5 Å². The molecule has 0 fully saturated rings. The highest BCUT2D eigenvalue weighted by molar-refractivity contribution is 7.09. The van der Waals surface area contributed by atoms with Crippen LogP contribution in [0, 0.1) is 0 Å². The van der Waals surface area contributed by atoms with Crippen LogP contribution in [0.4, 0.5) is 5.13 Å². The van der Waals surface area contributed by atoms with Gasteiger partial charge in [0.2, 0.25) is 5.82 Å². The predicted molar refractivity (Wildman–Crippen MR) is 43.6 cm³/mol. The molecule has 1 aromatic heterocycles. The van der Waals surface area contributed by atoms with Crippen molar-refractivity contribution in [2.75, 3.05) is 12.8 Å². The van der Waals surface area contributed by atoms with Crippen molar-refractivity contribution in [2.24, 2.45) is 5.16 Å². The topological polar surface area (TPSA) is 90.5 Å². The minimum Gasteiger partial charge on any atom is -0.398 e. The first-order valence-corrected chi connectivity index (χ1v) is 3.64. The molecule has 0 spiro atoms. The Hall–Kier alpha value is -1.50. The van der Waals surface area contributed by atoms with Crippen LogP contribution >= 0.6 is 11.5 Å². The second kappa shape index (κ2) is 3.77. The lowest BCUT2D eigenvalue weighted by Crippen LogP contribution is -2.05.